The van der Waals surface area contributed by atoms with Crippen LogP contribution in [-0.2, 0) is 23.1 Å². The fourth-order valence-electron chi connectivity index (χ4n) is 1.99. The molecule has 0 aliphatic heterocycles. The summed E-state index contributed by atoms with van der Waals surface area (Å²) in [7, 11) is 1.38. The Labute approximate surface area is 186 Å². The van der Waals surface area contributed by atoms with Crippen molar-refractivity contribution in [3.63, 3.8) is 0 Å². The highest BCUT2D eigenvalue weighted by atomic mass is 127. The maximum atomic E-state index is 12.1. The minimum atomic E-state index is -3.38. The first-order chi connectivity index (χ1) is 12.2. The molecular formula is C16H26IN5O2S3. The molecule has 2 rings (SSSR count). The van der Waals surface area contributed by atoms with Crippen molar-refractivity contribution in [3.8, 4) is 0 Å². The summed E-state index contributed by atoms with van der Waals surface area (Å²) in [6.07, 6.45) is 0. The minimum Gasteiger partial charge on any atom is -0.352 e. The van der Waals surface area contributed by atoms with Crippen LogP contribution >= 0.6 is 46.7 Å². The summed E-state index contributed by atoms with van der Waals surface area (Å²) >= 11 is 2.88. The number of aromatic nitrogens is 1. The molecular weight excluding hydrogens is 517 g/mol. The number of guanidine groups is 1. The van der Waals surface area contributed by atoms with Crippen LogP contribution in [0.15, 0.2) is 26.7 Å². The summed E-state index contributed by atoms with van der Waals surface area (Å²) in [5.74, 6) is 1.07. The molecule has 2 heterocycles. The Balaban J connectivity index is 0.00000364. The molecule has 0 saturated heterocycles. The van der Waals surface area contributed by atoms with Crippen molar-refractivity contribution in [2.45, 2.75) is 37.1 Å². The van der Waals surface area contributed by atoms with Crippen molar-refractivity contribution in [3.05, 3.63) is 33.1 Å². The largest absolute Gasteiger partial charge is 0.352 e. The Morgan fingerprint density at radius 1 is 1.26 bits per heavy atom. The molecule has 0 aliphatic carbocycles. The first kappa shape index (κ1) is 24.3. The normalized spacial score (nSPS) is 12.3. The van der Waals surface area contributed by atoms with Gasteiger partial charge in [-0.25, -0.2) is 17.7 Å². The summed E-state index contributed by atoms with van der Waals surface area (Å²) in [5, 5.41) is 9.51. The topological polar surface area (TPSA) is 86.7 Å². The molecule has 0 aliphatic rings. The van der Waals surface area contributed by atoms with Gasteiger partial charge in [-0.2, -0.15) is 0 Å². The third-order valence-electron chi connectivity index (χ3n) is 3.59. The van der Waals surface area contributed by atoms with Gasteiger partial charge in [0.1, 0.15) is 9.22 Å². The van der Waals surface area contributed by atoms with Gasteiger partial charge in [-0.3, -0.25) is 4.99 Å². The van der Waals surface area contributed by atoms with E-state index in [0.717, 1.165) is 15.6 Å². The second-order valence-electron chi connectivity index (χ2n) is 6.11. The van der Waals surface area contributed by atoms with Crippen LogP contribution in [0.1, 0.15) is 35.3 Å². The maximum Gasteiger partial charge on any atom is 0.252 e. The number of hydrogen-bond donors (Lipinski definition) is 2. The number of hydrogen-bond acceptors (Lipinski definition) is 6. The van der Waals surface area contributed by atoms with E-state index in [1.165, 1.54) is 29.7 Å². The van der Waals surface area contributed by atoms with E-state index in [1.54, 1.807) is 24.5 Å². The standard InChI is InChI=1S/C16H25N5O2S3.HI/c1-11(2)13-10-24-14(20-13)9-19-16(17-3)18-8-12-6-7-15(25-12)26(22,23)21(4)5;/h6-7,10-11H,8-9H2,1-5H3,(H2,17,18,19);1H. The van der Waals surface area contributed by atoms with Crippen molar-refractivity contribution in [2.75, 3.05) is 21.1 Å². The number of nitrogens with one attached hydrogen (secondary N) is 2. The summed E-state index contributed by atoms with van der Waals surface area (Å²) in [6, 6.07) is 3.45. The van der Waals surface area contributed by atoms with Crippen molar-refractivity contribution in [1.82, 2.24) is 19.9 Å². The van der Waals surface area contributed by atoms with Crippen LogP contribution in [0, 0.1) is 0 Å². The fraction of sp³-hybridized carbons (Fsp3) is 0.500. The second-order valence-corrected chi connectivity index (χ2v) is 10.6. The number of thiophene rings is 1. The van der Waals surface area contributed by atoms with E-state index in [9.17, 15) is 8.42 Å². The van der Waals surface area contributed by atoms with Gasteiger partial charge in [0, 0.05) is 31.4 Å². The van der Waals surface area contributed by atoms with Crippen LogP contribution in [0.2, 0.25) is 0 Å². The maximum absolute atomic E-state index is 12.1. The zero-order chi connectivity index (χ0) is 19.3. The molecule has 0 atom stereocenters. The molecule has 0 unspecified atom stereocenters. The molecule has 0 aromatic carbocycles. The molecule has 2 aromatic rings. The van der Waals surface area contributed by atoms with Crippen molar-refractivity contribution >= 4 is 62.6 Å². The van der Waals surface area contributed by atoms with Gasteiger partial charge in [0.15, 0.2) is 5.96 Å². The average molecular weight is 544 g/mol. The Kier molecular flexibility index (Phi) is 9.62. The SMILES string of the molecule is CN=C(NCc1ccc(S(=O)(=O)N(C)C)s1)NCc1nc(C(C)C)cs1.I. The summed E-state index contributed by atoms with van der Waals surface area (Å²) in [6.45, 7) is 5.35. The minimum absolute atomic E-state index is 0. The van der Waals surface area contributed by atoms with Crippen LogP contribution in [0.25, 0.3) is 0 Å². The Hall–Kier alpha value is -0.760. The average Bonchev–Trinajstić information content (AvgIpc) is 3.24. The Morgan fingerprint density at radius 3 is 2.48 bits per heavy atom. The van der Waals surface area contributed by atoms with E-state index in [-0.39, 0.29) is 24.0 Å². The predicted octanol–water partition coefficient (Wildman–Crippen LogP) is 3.06. The Bertz CT molecular complexity index is 859. The van der Waals surface area contributed by atoms with Crippen LogP contribution in [0.5, 0.6) is 0 Å². The number of thiazole rings is 1. The molecule has 0 amide bonds. The number of rotatable bonds is 7. The van der Waals surface area contributed by atoms with Crippen LogP contribution in [0.3, 0.4) is 0 Å². The monoisotopic (exact) mass is 543 g/mol. The summed E-state index contributed by atoms with van der Waals surface area (Å²) < 4.78 is 25.8. The van der Waals surface area contributed by atoms with E-state index < -0.39 is 10.0 Å². The van der Waals surface area contributed by atoms with E-state index in [1.807, 2.05) is 6.07 Å². The van der Waals surface area contributed by atoms with Gasteiger partial charge in [-0.05, 0) is 18.1 Å². The summed E-state index contributed by atoms with van der Waals surface area (Å²) in [5.41, 5.74) is 1.10. The summed E-state index contributed by atoms with van der Waals surface area (Å²) in [4.78, 5) is 9.70. The Morgan fingerprint density at radius 2 is 1.93 bits per heavy atom. The van der Waals surface area contributed by atoms with E-state index in [4.69, 9.17) is 0 Å². The van der Waals surface area contributed by atoms with Gasteiger partial charge in [0.2, 0.25) is 0 Å². The lowest BCUT2D eigenvalue weighted by Gasteiger charge is -2.10. The van der Waals surface area contributed by atoms with Gasteiger partial charge in [-0.1, -0.05) is 13.8 Å². The number of sulfonamides is 1. The highest BCUT2D eigenvalue weighted by Crippen LogP contribution is 2.23. The molecule has 152 valence electrons. The van der Waals surface area contributed by atoms with Crippen molar-refractivity contribution < 1.29 is 8.42 Å². The van der Waals surface area contributed by atoms with Gasteiger partial charge in [0.25, 0.3) is 10.0 Å². The molecule has 0 fully saturated rings. The van der Waals surface area contributed by atoms with Crippen LogP contribution in [0.4, 0.5) is 0 Å². The van der Waals surface area contributed by atoms with Crippen molar-refractivity contribution in [1.29, 1.82) is 0 Å². The number of nitrogens with zero attached hydrogens (tertiary/aromatic N) is 3. The van der Waals surface area contributed by atoms with Crippen molar-refractivity contribution in [2.24, 2.45) is 4.99 Å². The molecule has 0 radical (unpaired) electrons. The molecule has 2 N–H and O–H groups in total. The lowest BCUT2D eigenvalue weighted by molar-refractivity contribution is 0.523. The highest BCUT2D eigenvalue weighted by Gasteiger charge is 2.19. The first-order valence-electron chi connectivity index (χ1n) is 8.14. The molecule has 2 aromatic heterocycles. The van der Waals surface area contributed by atoms with E-state index in [0.29, 0.717) is 29.2 Å². The third kappa shape index (κ3) is 6.66. The third-order valence-corrected chi connectivity index (χ3v) is 7.83. The highest BCUT2D eigenvalue weighted by molar-refractivity contribution is 14.0. The smallest absolute Gasteiger partial charge is 0.252 e. The number of aliphatic imine (C=N–C) groups is 1. The quantitative estimate of drug-likeness (QED) is 0.319. The van der Waals surface area contributed by atoms with Crippen LogP contribution < -0.4 is 10.6 Å². The zero-order valence-corrected chi connectivity index (χ0v) is 20.8. The van der Waals surface area contributed by atoms with Gasteiger partial charge in [-0.15, -0.1) is 46.7 Å². The molecule has 11 heteroatoms. The lowest BCUT2D eigenvalue weighted by atomic mass is 10.2. The fourth-order valence-corrected chi connectivity index (χ4v) is 5.35. The molecule has 0 bridgehead atoms. The van der Waals surface area contributed by atoms with Gasteiger partial charge >= 0.3 is 0 Å². The predicted molar refractivity (Wildman–Crippen MR) is 124 cm³/mol. The molecule has 0 spiro atoms. The zero-order valence-electron chi connectivity index (χ0n) is 16.0. The van der Waals surface area contributed by atoms with Crippen LogP contribution in [-0.4, -0.2) is 44.8 Å². The number of halogens is 1. The van der Waals surface area contributed by atoms with Gasteiger partial charge < -0.3 is 10.6 Å². The molecule has 0 saturated carbocycles. The second kappa shape index (κ2) is 10.7. The van der Waals surface area contributed by atoms with Gasteiger partial charge in [0.05, 0.1) is 18.8 Å². The molecule has 27 heavy (non-hydrogen) atoms. The molecule has 7 nitrogen and oxygen atoms in total. The van der Waals surface area contributed by atoms with E-state index >= 15 is 0 Å². The first-order valence-corrected chi connectivity index (χ1v) is 11.3. The van der Waals surface area contributed by atoms with E-state index in [2.05, 4.69) is 39.8 Å². The lowest BCUT2D eigenvalue weighted by Crippen LogP contribution is -2.36.